The van der Waals surface area contributed by atoms with E-state index in [0.29, 0.717) is 19.5 Å². The summed E-state index contributed by atoms with van der Waals surface area (Å²) < 4.78 is 1.85. The van der Waals surface area contributed by atoms with Gasteiger partial charge in [0, 0.05) is 44.5 Å². The van der Waals surface area contributed by atoms with E-state index in [1.165, 1.54) is 0 Å². The van der Waals surface area contributed by atoms with E-state index in [-0.39, 0.29) is 29.9 Å². The number of nitrogens with zero attached hydrogens (tertiary/aromatic N) is 3. The lowest BCUT2D eigenvalue weighted by molar-refractivity contribution is -0.129. The van der Waals surface area contributed by atoms with E-state index in [2.05, 4.69) is 22.7 Å². The highest BCUT2D eigenvalue weighted by atomic mass is 16.2. The molecule has 7 heteroatoms. The SMILES string of the molecule is CC(C)N1C[C@H](NC(=O)NC[C@@H](C)Cn2cccn2)CC1=O. The maximum absolute atomic E-state index is 11.9. The first-order valence-electron chi connectivity index (χ1n) is 7.77. The number of carbonyl (C=O) groups is 2. The van der Waals surface area contributed by atoms with Gasteiger partial charge in [-0.1, -0.05) is 6.92 Å². The Morgan fingerprint density at radius 2 is 2.23 bits per heavy atom. The van der Waals surface area contributed by atoms with Crippen molar-refractivity contribution in [3.63, 3.8) is 0 Å². The number of aromatic nitrogens is 2. The summed E-state index contributed by atoms with van der Waals surface area (Å²) in [6, 6.07) is 1.74. The Hall–Kier alpha value is -2.05. The van der Waals surface area contributed by atoms with Crippen LogP contribution in [0.4, 0.5) is 4.79 Å². The molecule has 1 aliphatic heterocycles. The maximum Gasteiger partial charge on any atom is 0.315 e. The molecule has 0 aliphatic carbocycles. The third-order valence-corrected chi connectivity index (χ3v) is 3.79. The Morgan fingerprint density at radius 1 is 1.45 bits per heavy atom. The average Bonchev–Trinajstić information content (AvgIpc) is 3.06. The van der Waals surface area contributed by atoms with Crippen LogP contribution in [-0.4, -0.2) is 51.8 Å². The lowest BCUT2D eigenvalue weighted by atomic mass is 10.2. The molecule has 2 rings (SSSR count). The predicted octanol–water partition coefficient (Wildman–Crippen LogP) is 0.828. The fourth-order valence-corrected chi connectivity index (χ4v) is 2.62. The molecular formula is C15H25N5O2. The van der Waals surface area contributed by atoms with Crippen molar-refractivity contribution >= 4 is 11.9 Å². The molecule has 1 saturated heterocycles. The van der Waals surface area contributed by atoms with Crippen molar-refractivity contribution in [1.29, 1.82) is 0 Å². The van der Waals surface area contributed by atoms with Crippen molar-refractivity contribution in [1.82, 2.24) is 25.3 Å². The molecule has 7 nitrogen and oxygen atoms in total. The maximum atomic E-state index is 11.9. The fourth-order valence-electron chi connectivity index (χ4n) is 2.62. The summed E-state index contributed by atoms with van der Waals surface area (Å²) in [4.78, 5) is 25.5. The smallest absolute Gasteiger partial charge is 0.315 e. The van der Waals surface area contributed by atoms with Crippen LogP contribution in [0.3, 0.4) is 0 Å². The van der Waals surface area contributed by atoms with Gasteiger partial charge in [0.05, 0.1) is 6.04 Å². The van der Waals surface area contributed by atoms with Crippen molar-refractivity contribution < 1.29 is 9.59 Å². The third kappa shape index (κ3) is 4.47. The zero-order chi connectivity index (χ0) is 16.1. The van der Waals surface area contributed by atoms with Crippen LogP contribution in [0.5, 0.6) is 0 Å². The molecule has 1 aliphatic rings. The molecule has 122 valence electrons. The van der Waals surface area contributed by atoms with E-state index < -0.39 is 0 Å². The summed E-state index contributed by atoms with van der Waals surface area (Å²) in [5.74, 6) is 0.385. The number of hydrogen-bond donors (Lipinski definition) is 2. The zero-order valence-electron chi connectivity index (χ0n) is 13.5. The topological polar surface area (TPSA) is 79.3 Å². The van der Waals surface area contributed by atoms with Crippen molar-refractivity contribution in [2.45, 2.75) is 45.8 Å². The first kappa shape index (κ1) is 16.3. The van der Waals surface area contributed by atoms with Crippen molar-refractivity contribution in [2.75, 3.05) is 13.1 Å². The van der Waals surface area contributed by atoms with Crippen molar-refractivity contribution in [2.24, 2.45) is 5.92 Å². The van der Waals surface area contributed by atoms with E-state index in [1.54, 1.807) is 11.1 Å². The summed E-state index contributed by atoms with van der Waals surface area (Å²) in [6.07, 6.45) is 4.03. The van der Waals surface area contributed by atoms with Gasteiger partial charge in [-0.25, -0.2) is 4.79 Å². The van der Waals surface area contributed by atoms with E-state index in [9.17, 15) is 9.59 Å². The van der Waals surface area contributed by atoms with Gasteiger partial charge in [0.2, 0.25) is 5.91 Å². The van der Waals surface area contributed by atoms with Gasteiger partial charge >= 0.3 is 6.03 Å². The second-order valence-electron chi connectivity index (χ2n) is 6.23. The molecule has 0 saturated carbocycles. The average molecular weight is 307 g/mol. The Balaban J connectivity index is 1.69. The summed E-state index contributed by atoms with van der Waals surface area (Å²) in [7, 11) is 0. The van der Waals surface area contributed by atoms with E-state index >= 15 is 0 Å². The number of likely N-dealkylation sites (tertiary alicyclic amines) is 1. The first-order chi connectivity index (χ1) is 10.5. The van der Waals surface area contributed by atoms with Crippen LogP contribution >= 0.6 is 0 Å². The lowest BCUT2D eigenvalue weighted by Gasteiger charge is -2.21. The van der Waals surface area contributed by atoms with Crippen LogP contribution in [0.2, 0.25) is 0 Å². The van der Waals surface area contributed by atoms with Gasteiger partial charge in [-0.3, -0.25) is 9.48 Å². The monoisotopic (exact) mass is 307 g/mol. The number of nitrogens with one attached hydrogen (secondary N) is 2. The molecular weight excluding hydrogens is 282 g/mol. The zero-order valence-corrected chi connectivity index (χ0v) is 13.5. The molecule has 22 heavy (non-hydrogen) atoms. The molecule has 2 atom stereocenters. The first-order valence-corrected chi connectivity index (χ1v) is 7.77. The second-order valence-corrected chi connectivity index (χ2v) is 6.23. The van der Waals surface area contributed by atoms with Crippen LogP contribution in [0.25, 0.3) is 0 Å². The highest BCUT2D eigenvalue weighted by molar-refractivity contribution is 5.81. The molecule has 1 aromatic heterocycles. The lowest BCUT2D eigenvalue weighted by Crippen LogP contribution is -2.45. The van der Waals surface area contributed by atoms with Crippen LogP contribution < -0.4 is 10.6 Å². The van der Waals surface area contributed by atoms with Crippen molar-refractivity contribution in [3.05, 3.63) is 18.5 Å². The molecule has 0 aromatic carbocycles. The minimum absolute atomic E-state index is 0.101. The summed E-state index contributed by atoms with van der Waals surface area (Å²) >= 11 is 0. The van der Waals surface area contributed by atoms with Gasteiger partial charge in [-0.2, -0.15) is 5.10 Å². The molecule has 0 bridgehead atoms. The summed E-state index contributed by atoms with van der Waals surface area (Å²) in [6.45, 7) is 7.94. The van der Waals surface area contributed by atoms with E-state index in [4.69, 9.17) is 0 Å². The van der Waals surface area contributed by atoms with Gasteiger partial charge < -0.3 is 15.5 Å². The summed E-state index contributed by atoms with van der Waals surface area (Å²) in [5, 5.41) is 9.88. The van der Waals surface area contributed by atoms with Gasteiger partial charge in [0.15, 0.2) is 0 Å². The van der Waals surface area contributed by atoms with E-state index in [0.717, 1.165) is 6.54 Å². The number of amides is 3. The van der Waals surface area contributed by atoms with Gasteiger partial charge in [-0.15, -0.1) is 0 Å². The molecule has 2 heterocycles. The van der Waals surface area contributed by atoms with Gasteiger partial charge in [0.1, 0.15) is 0 Å². The Kier molecular flexibility index (Phi) is 5.41. The predicted molar refractivity (Wildman–Crippen MR) is 83.2 cm³/mol. The molecule has 3 amide bonds. The number of hydrogen-bond acceptors (Lipinski definition) is 3. The molecule has 0 radical (unpaired) electrons. The van der Waals surface area contributed by atoms with Crippen LogP contribution in [0.15, 0.2) is 18.5 Å². The van der Waals surface area contributed by atoms with E-state index in [1.807, 2.05) is 30.8 Å². The van der Waals surface area contributed by atoms with Gasteiger partial charge in [0.25, 0.3) is 0 Å². The normalized spacial score (nSPS) is 19.5. The molecule has 0 spiro atoms. The minimum atomic E-state index is -0.212. The van der Waals surface area contributed by atoms with Crippen molar-refractivity contribution in [3.8, 4) is 0 Å². The molecule has 0 unspecified atom stereocenters. The molecule has 1 fully saturated rings. The largest absolute Gasteiger partial charge is 0.338 e. The number of urea groups is 1. The van der Waals surface area contributed by atoms with Crippen LogP contribution in [0, 0.1) is 5.92 Å². The minimum Gasteiger partial charge on any atom is -0.338 e. The Labute approximate surface area is 131 Å². The third-order valence-electron chi connectivity index (χ3n) is 3.79. The quantitative estimate of drug-likeness (QED) is 0.817. The number of carbonyl (C=O) groups excluding carboxylic acids is 2. The van der Waals surface area contributed by atoms with Crippen LogP contribution in [-0.2, 0) is 11.3 Å². The highest BCUT2D eigenvalue weighted by Crippen LogP contribution is 2.14. The standard InChI is InChI=1S/C15H25N5O2/c1-11(2)20-10-13(7-14(20)21)18-15(22)16-8-12(3)9-19-6-4-5-17-19/h4-6,11-13H,7-10H2,1-3H3,(H2,16,18,22)/t12-,13-/m1/s1. The Bertz CT molecular complexity index is 500. The fraction of sp³-hybridized carbons (Fsp3) is 0.667. The number of rotatable bonds is 6. The Morgan fingerprint density at radius 3 is 2.82 bits per heavy atom. The molecule has 1 aromatic rings. The van der Waals surface area contributed by atoms with Crippen LogP contribution in [0.1, 0.15) is 27.2 Å². The highest BCUT2D eigenvalue weighted by Gasteiger charge is 2.31. The van der Waals surface area contributed by atoms with Gasteiger partial charge in [-0.05, 0) is 25.8 Å². The molecule has 2 N–H and O–H groups in total. The second kappa shape index (κ2) is 7.29. The summed E-state index contributed by atoms with van der Waals surface area (Å²) in [5.41, 5.74) is 0.